The van der Waals surface area contributed by atoms with Crippen molar-refractivity contribution in [1.82, 2.24) is 20.7 Å². The lowest BCUT2D eigenvalue weighted by Gasteiger charge is -2.22. The molecule has 37 heavy (non-hydrogen) atoms. The second kappa shape index (κ2) is 16.3. The van der Waals surface area contributed by atoms with Crippen LogP contribution in [0.1, 0.15) is 51.5 Å². The van der Waals surface area contributed by atoms with E-state index >= 15 is 0 Å². The summed E-state index contributed by atoms with van der Waals surface area (Å²) in [5.74, 6) is -2.29. The van der Waals surface area contributed by atoms with Gasteiger partial charge in [-0.15, -0.1) is 0 Å². The fourth-order valence-electron chi connectivity index (χ4n) is 3.04. The van der Waals surface area contributed by atoms with Gasteiger partial charge in [-0.2, -0.15) is 0 Å². The van der Waals surface area contributed by atoms with Gasteiger partial charge in [-0.3, -0.25) is 23.9 Å². The van der Waals surface area contributed by atoms with E-state index in [1.807, 2.05) is 30.3 Å². The molecule has 4 N–H and O–H groups in total. The van der Waals surface area contributed by atoms with E-state index in [9.17, 15) is 32.4 Å². The average Bonchev–Trinajstić information content (AvgIpc) is 2.83. The Bertz CT molecular complexity index is 1010. The molecule has 0 aliphatic carbocycles. The van der Waals surface area contributed by atoms with E-state index in [0.717, 1.165) is 11.8 Å². The highest BCUT2D eigenvalue weighted by Crippen LogP contribution is 2.06. The van der Waals surface area contributed by atoms with Crippen molar-refractivity contribution in [3.63, 3.8) is 0 Å². The lowest BCUT2D eigenvalue weighted by Crippen LogP contribution is -2.51. The fraction of sp³-hybridized carbons (Fsp3) is 0.542. The molecule has 1 aromatic carbocycles. The second-order valence-corrected chi connectivity index (χ2v) is 10.5. The van der Waals surface area contributed by atoms with Gasteiger partial charge in [0.25, 0.3) is 0 Å². The third-order valence-electron chi connectivity index (χ3n) is 5.02. The molecule has 0 bridgehead atoms. The second-order valence-electron chi connectivity index (χ2n) is 8.75. The smallest absolute Gasteiger partial charge is 0.407 e. The highest BCUT2D eigenvalue weighted by Gasteiger charge is 2.25. The molecule has 0 saturated heterocycles. The van der Waals surface area contributed by atoms with Crippen LogP contribution in [0.5, 0.6) is 0 Å². The van der Waals surface area contributed by atoms with Crippen molar-refractivity contribution in [3.05, 3.63) is 35.9 Å². The molecule has 1 aromatic rings. The van der Waals surface area contributed by atoms with Gasteiger partial charge in [0.15, 0.2) is 0 Å². The van der Waals surface area contributed by atoms with Gasteiger partial charge in [-0.25, -0.2) is 13.2 Å². The van der Waals surface area contributed by atoms with Crippen LogP contribution in [0.15, 0.2) is 30.3 Å². The largest absolute Gasteiger partial charge is 0.445 e. The summed E-state index contributed by atoms with van der Waals surface area (Å²) in [5.41, 5.74) is 0.850. The number of hydrogen-bond donors (Lipinski definition) is 4. The molecule has 0 fully saturated rings. The molecular weight excluding hydrogens is 504 g/mol. The van der Waals surface area contributed by atoms with Crippen molar-refractivity contribution in [2.45, 2.75) is 64.6 Å². The Morgan fingerprint density at radius 1 is 0.973 bits per heavy atom. The van der Waals surface area contributed by atoms with Crippen LogP contribution in [0.3, 0.4) is 0 Å². The minimum absolute atomic E-state index is 0.133. The topological polar surface area (TPSA) is 177 Å². The molecule has 0 spiro atoms. The Kier molecular flexibility index (Phi) is 13.9. The third kappa shape index (κ3) is 14.6. The van der Waals surface area contributed by atoms with E-state index in [0.29, 0.717) is 12.8 Å². The van der Waals surface area contributed by atoms with Crippen molar-refractivity contribution < 1.29 is 37.1 Å². The van der Waals surface area contributed by atoms with Crippen LogP contribution in [0, 0.1) is 5.92 Å². The maximum atomic E-state index is 12.7. The van der Waals surface area contributed by atoms with Crippen LogP contribution in [0.25, 0.3) is 0 Å². The molecule has 1 radical (unpaired) electrons. The van der Waals surface area contributed by atoms with E-state index < -0.39 is 45.9 Å². The Hall–Kier alpha value is -3.48. The molecule has 12 nitrogen and oxygen atoms in total. The van der Waals surface area contributed by atoms with Gasteiger partial charge in [0.2, 0.25) is 34.0 Å². The van der Waals surface area contributed by atoms with E-state index in [2.05, 4.69) is 16.0 Å². The first-order valence-corrected chi connectivity index (χ1v) is 13.7. The summed E-state index contributed by atoms with van der Waals surface area (Å²) in [6.45, 7) is 3.87. The molecule has 2 atom stereocenters. The molecule has 0 saturated carbocycles. The van der Waals surface area contributed by atoms with Crippen molar-refractivity contribution in [2.75, 3.05) is 12.8 Å². The molecule has 13 heteroatoms. The fourth-order valence-corrected chi connectivity index (χ4v) is 3.56. The molecule has 0 aromatic heterocycles. The van der Waals surface area contributed by atoms with Crippen LogP contribution in [0.4, 0.5) is 4.79 Å². The van der Waals surface area contributed by atoms with Gasteiger partial charge < -0.3 is 20.7 Å². The monoisotopic (exact) mass is 539 g/mol. The number of rotatable bonds is 16. The summed E-state index contributed by atoms with van der Waals surface area (Å²) >= 11 is 0. The summed E-state index contributed by atoms with van der Waals surface area (Å²) in [6, 6.07) is 7.31. The molecule has 0 aliphatic heterocycles. The first-order valence-electron chi connectivity index (χ1n) is 11.8. The first kappa shape index (κ1) is 31.5. The lowest BCUT2D eigenvalue weighted by molar-refractivity contribution is -0.130. The van der Waals surface area contributed by atoms with Gasteiger partial charge in [0.05, 0.1) is 12.3 Å². The van der Waals surface area contributed by atoms with Gasteiger partial charge in [-0.05, 0) is 30.7 Å². The van der Waals surface area contributed by atoms with Gasteiger partial charge in [0, 0.05) is 19.4 Å². The predicted molar refractivity (Wildman–Crippen MR) is 135 cm³/mol. The maximum absolute atomic E-state index is 12.7. The minimum Gasteiger partial charge on any atom is -0.445 e. The van der Waals surface area contributed by atoms with Gasteiger partial charge in [0.1, 0.15) is 12.6 Å². The Morgan fingerprint density at radius 3 is 2.22 bits per heavy atom. The number of ether oxygens (including phenoxy) is 1. The Morgan fingerprint density at radius 2 is 1.62 bits per heavy atom. The Labute approximate surface area is 217 Å². The van der Waals surface area contributed by atoms with E-state index in [1.54, 1.807) is 24.9 Å². The number of unbranched alkanes of at least 4 members (excludes halogenated alkanes) is 1. The zero-order valence-electron chi connectivity index (χ0n) is 21.2. The molecular formula is C24H35N4O8S. The van der Waals surface area contributed by atoms with Gasteiger partial charge in [-0.1, -0.05) is 44.2 Å². The number of carbonyl (C=O) groups is 4. The molecule has 0 aliphatic rings. The summed E-state index contributed by atoms with van der Waals surface area (Å²) in [5, 5.41) is 7.66. The van der Waals surface area contributed by atoms with Crippen molar-refractivity contribution in [2.24, 2.45) is 5.92 Å². The highest BCUT2D eigenvalue weighted by atomic mass is 32.2. The van der Waals surface area contributed by atoms with E-state index in [4.69, 9.17) is 4.74 Å². The quantitative estimate of drug-likeness (QED) is 0.222. The standard InChI is InChI=1S/C24H35N4O8S/c1-17(2)20(15-29)27-23(32)19(26-21(30)12-13-22(31)28-37(3,34)35)11-7-8-14-25-24(33)36-16-18-9-5-4-6-10-18/h4-6,9-10,17,19-20H,7-8,11-14,16H2,1-3H3,(H,25,33)(H,26,30)(H,27,32)(H,28,31)/t19-,20+/m0/s1. The number of amides is 4. The first-order chi connectivity index (χ1) is 17.4. The SMILES string of the molecule is CC(C)[C@@H]([C]=O)NC(=O)[C@H](CCCCNC(=O)OCc1ccccc1)NC(=O)CCC(=O)NS(C)(=O)=O. The van der Waals surface area contributed by atoms with E-state index in [-0.39, 0.29) is 38.3 Å². The average molecular weight is 540 g/mol. The van der Waals surface area contributed by atoms with E-state index in [1.165, 1.54) is 0 Å². The van der Waals surface area contributed by atoms with Crippen LogP contribution in [-0.2, 0) is 40.5 Å². The molecule has 205 valence electrons. The summed E-state index contributed by atoms with van der Waals surface area (Å²) < 4.78 is 29.1. The third-order valence-corrected chi connectivity index (χ3v) is 5.62. The van der Waals surface area contributed by atoms with Crippen LogP contribution >= 0.6 is 0 Å². The number of hydrogen-bond acceptors (Lipinski definition) is 8. The van der Waals surface area contributed by atoms with Crippen molar-refractivity contribution >= 4 is 40.1 Å². The van der Waals surface area contributed by atoms with Crippen LogP contribution < -0.4 is 20.7 Å². The number of carbonyl (C=O) groups excluding carboxylic acids is 5. The zero-order chi connectivity index (χ0) is 27.8. The lowest BCUT2D eigenvalue weighted by atomic mass is 10.0. The maximum Gasteiger partial charge on any atom is 0.407 e. The predicted octanol–water partition coefficient (Wildman–Crippen LogP) is 0.674. The summed E-state index contributed by atoms with van der Waals surface area (Å²) in [6.07, 6.45) is 2.36. The molecule has 1 rings (SSSR count). The normalized spacial score (nSPS) is 12.6. The van der Waals surface area contributed by atoms with Crippen LogP contribution in [0.2, 0.25) is 0 Å². The van der Waals surface area contributed by atoms with Crippen molar-refractivity contribution in [1.29, 1.82) is 0 Å². The number of sulfonamides is 1. The minimum atomic E-state index is -3.74. The number of benzene rings is 1. The number of alkyl carbamates (subject to hydrolysis) is 1. The summed E-state index contributed by atoms with van der Waals surface area (Å²) in [4.78, 5) is 59.7. The molecule has 0 heterocycles. The number of nitrogens with one attached hydrogen (secondary N) is 4. The Balaban J connectivity index is 2.55. The van der Waals surface area contributed by atoms with Crippen LogP contribution in [-0.4, -0.2) is 63.4 Å². The molecule has 0 unspecified atom stereocenters. The summed E-state index contributed by atoms with van der Waals surface area (Å²) in [7, 11) is -3.74. The zero-order valence-corrected chi connectivity index (χ0v) is 22.1. The molecule has 4 amide bonds. The van der Waals surface area contributed by atoms with Gasteiger partial charge >= 0.3 is 6.09 Å². The van der Waals surface area contributed by atoms with Crippen molar-refractivity contribution in [3.8, 4) is 0 Å². The highest BCUT2D eigenvalue weighted by molar-refractivity contribution is 7.89.